The Kier molecular flexibility index (Phi) is 4.50. The molecule has 0 spiro atoms. The largest absolute Gasteiger partial charge is 0.294 e. The Balaban J connectivity index is 3.48. The molecule has 0 bridgehead atoms. The van der Waals surface area contributed by atoms with Gasteiger partial charge in [0.1, 0.15) is 0 Å². The maximum atomic E-state index is 12.5. The summed E-state index contributed by atoms with van der Waals surface area (Å²) in [7, 11) is 0. The predicted molar refractivity (Wildman–Crippen MR) is 79.1 cm³/mol. The van der Waals surface area contributed by atoms with Crippen molar-refractivity contribution in [2.45, 2.75) is 47.5 Å². The van der Waals surface area contributed by atoms with Crippen LogP contribution >= 0.6 is 0 Å². The summed E-state index contributed by atoms with van der Waals surface area (Å²) in [5.41, 5.74) is 4.08. The fourth-order valence-corrected chi connectivity index (χ4v) is 2.27. The smallest absolute Gasteiger partial charge is 0.168 e. The zero-order valence-corrected chi connectivity index (χ0v) is 12.3. The van der Waals surface area contributed by atoms with Crippen LogP contribution in [0.2, 0.25) is 0 Å². The lowest BCUT2D eigenvalue weighted by Gasteiger charge is -2.21. The molecule has 0 N–H and O–H groups in total. The van der Waals surface area contributed by atoms with Gasteiger partial charge in [-0.15, -0.1) is 0 Å². The molecule has 0 atom stereocenters. The van der Waals surface area contributed by atoms with E-state index in [1.165, 1.54) is 5.56 Å². The van der Waals surface area contributed by atoms with Gasteiger partial charge in [-0.05, 0) is 29.5 Å². The quantitative estimate of drug-likeness (QED) is 0.703. The van der Waals surface area contributed by atoms with Gasteiger partial charge in [0.15, 0.2) is 5.78 Å². The number of aryl methyl sites for hydroxylation is 1. The molecule has 1 aromatic carbocycles. The minimum atomic E-state index is -0.337. The maximum Gasteiger partial charge on any atom is 0.168 e. The fourth-order valence-electron chi connectivity index (χ4n) is 2.27. The van der Waals surface area contributed by atoms with Crippen LogP contribution in [0.5, 0.6) is 0 Å². The number of hydrogen-bond donors (Lipinski definition) is 0. The number of Topliss-reactive ketones (excluding diaryl/α,β-unsaturated/α-hetero) is 1. The minimum absolute atomic E-state index is 0.213. The standard InChI is InChI=1S/C17H24O/c1-7-12-10-11-15(16(18)17(4,5)6)14(9-3)13(12)8-2/h8,10-11H,2,7,9H2,1,3-6H3. The number of benzene rings is 1. The molecule has 98 valence electrons. The van der Waals surface area contributed by atoms with E-state index in [0.717, 1.165) is 29.5 Å². The van der Waals surface area contributed by atoms with E-state index < -0.39 is 0 Å². The summed E-state index contributed by atoms with van der Waals surface area (Å²) in [6, 6.07) is 4.05. The van der Waals surface area contributed by atoms with Crippen molar-refractivity contribution < 1.29 is 4.79 Å². The average Bonchev–Trinajstić information content (AvgIpc) is 2.34. The van der Waals surface area contributed by atoms with E-state index in [0.29, 0.717) is 0 Å². The van der Waals surface area contributed by atoms with Gasteiger partial charge in [0.2, 0.25) is 0 Å². The molecule has 0 aliphatic rings. The molecule has 0 aliphatic carbocycles. The van der Waals surface area contributed by atoms with E-state index in [-0.39, 0.29) is 11.2 Å². The van der Waals surface area contributed by atoms with E-state index in [2.05, 4.69) is 26.5 Å². The monoisotopic (exact) mass is 244 g/mol. The lowest BCUT2D eigenvalue weighted by atomic mass is 9.82. The van der Waals surface area contributed by atoms with Gasteiger partial charge in [-0.3, -0.25) is 4.79 Å². The van der Waals surface area contributed by atoms with Gasteiger partial charge in [0, 0.05) is 11.0 Å². The molecule has 0 saturated heterocycles. The Hall–Kier alpha value is -1.37. The van der Waals surface area contributed by atoms with Crippen LogP contribution in [0.3, 0.4) is 0 Å². The van der Waals surface area contributed by atoms with Crippen molar-refractivity contribution in [3.63, 3.8) is 0 Å². The Labute approximate surface area is 111 Å². The summed E-state index contributed by atoms with van der Waals surface area (Å²) in [6.07, 6.45) is 3.72. The van der Waals surface area contributed by atoms with Crippen LogP contribution in [-0.4, -0.2) is 5.78 Å². The van der Waals surface area contributed by atoms with Crippen LogP contribution in [-0.2, 0) is 12.8 Å². The Morgan fingerprint density at radius 2 is 1.83 bits per heavy atom. The number of carbonyl (C=O) groups is 1. The van der Waals surface area contributed by atoms with Gasteiger partial charge >= 0.3 is 0 Å². The van der Waals surface area contributed by atoms with Crippen molar-refractivity contribution in [2.75, 3.05) is 0 Å². The highest BCUT2D eigenvalue weighted by molar-refractivity contribution is 6.01. The summed E-state index contributed by atoms with van der Waals surface area (Å²) in [6.45, 7) is 14.0. The second-order valence-corrected chi connectivity index (χ2v) is 5.65. The third kappa shape index (κ3) is 2.72. The van der Waals surface area contributed by atoms with Gasteiger partial charge in [0.05, 0.1) is 0 Å². The summed E-state index contributed by atoms with van der Waals surface area (Å²) in [4.78, 5) is 12.5. The highest BCUT2D eigenvalue weighted by Crippen LogP contribution is 2.28. The van der Waals surface area contributed by atoms with Crippen LogP contribution in [0.15, 0.2) is 18.7 Å². The number of carbonyl (C=O) groups excluding carboxylic acids is 1. The van der Waals surface area contributed by atoms with E-state index in [9.17, 15) is 4.79 Å². The molecule has 18 heavy (non-hydrogen) atoms. The van der Waals surface area contributed by atoms with Gasteiger partial charge in [0.25, 0.3) is 0 Å². The molecule has 0 amide bonds. The lowest BCUT2D eigenvalue weighted by molar-refractivity contribution is 0.0857. The number of rotatable bonds is 4. The van der Waals surface area contributed by atoms with Crippen molar-refractivity contribution in [3.05, 3.63) is 41.0 Å². The molecular formula is C17H24O. The second-order valence-electron chi connectivity index (χ2n) is 5.65. The van der Waals surface area contributed by atoms with Crippen LogP contribution in [0, 0.1) is 5.41 Å². The first kappa shape index (κ1) is 14.7. The summed E-state index contributed by atoms with van der Waals surface area (Å²) in [5, 5.41) is 0. The molecular weight excluding hydrogens is 220 g/mol. The highest BCUT2D eigenvalue weighted by Gasteiger charge is 2.25. The molecule has 0 aromatic heterocycles. The molecule has 0 saturated carbocycles. The third-order valence-electron chi connectivity index (χ3n) is 3.31. The Bertz CT molecular complexity index is 461. The lowest BCUT2D eigenvalue weighted by Crippen LogP contribution is -2.22. The summed E-state index contributed by atoms with van der Waals surface area (Å²) < 4.78 is 0. The highest BCUT2D eigenvalue weighted by atomic mass is 16.1. The molecule has 1 nitrogen and oxygen atoms in total. The van der Waals surface area contributed by atoms with Gasteiger partial charge in [-0.2, -0.15) is 0 Å². The van der Waals surface area contributed by atoms with Crippen molar-refractivity contribution in [3.8, 4) is 0 Å². The molecule has 1 rings (SSSR count). The van der Waals surface area contributed by atoms with Gasteiger partial charge in [-0.25, -0.2) is 0 Å². The van der Waals surface area contributed by atoms with Crippen molar-refractivity contribution in [1.82, 2.24) is 0 Å². The van der Waals surface area contributed by atoms with Gasteiger partial charge < -0.3 is 0 Å². The maximum absolute atomic E-state index is 12.5. The first-order valence-electron chi connectivity index (χ1n) is 6.68. The zero-order valence-electron chi connectivity index (χ0n) is 12.3. The van der Waals surface area contributed by atoms with Gasteiger partial charge in [-0.1, -0.05) is 59.4 Å². The molecule has 0 aliphatic heterocycles. The van der Waals surface area contributed by atoms with Crippen molar-refractivity contribution >= 4 is 11.9 Å². The Morgan fingerprint density at radius 3 is 2.22 bits per heavy atom. The predicted octanol–water partition coefficient (Wildman–Crippen LogP) is 4.68. The fraction of sp³-hybridized carbons (Fsp3) is 0.471. The topological polar surface area (TPSA) is 17.1 Å². The SMILES string of the molecule is C=Cc1c(CC)ccc(C(=O)C(C)(C)C)c1CC. The van der Waals surface area contributed by atoms with Crippen molar-refractivity contribution in [2.24, 2.45) is 5.41 Å². The van der Waals surface area contributed by atoms with Crippen LogP contribution in [0.4, 0.5) is 0 Å². The zero-order chi connectivity index (χ0) is 13.9. The third-order valence-corrected chi connectivity index (χ3v) is 3.31. The summed E-state index contributed by atoms with van der Waals surface area (Å²) in [5.74, 6) is 0.213. The minimum Gasteiger partial charge on any atom is -0.294 e. The van der Waals surface area contributed by atoms with E-state index >= 15 is 0 Å². The Morgan fingerprint density at radius 1 is 1.22 bits per heavy atom. The van der Waals surface area contributed by atoms with E-state index in [1.807, 2.05) is 32.9 Å². The van der Waals surface area contributed by atoms with E-state index in [1.54, 1.807) is 0 Å². The molecule has 0 heterocycles. The number of hydrogen-bond acceptors (Lipinski definition) is 1. The molecule has 0 fully saturated rings. The molecule has 1 aromatic rings. The first-order valence-corrected chi connectivity index (χ1v) is 6.68. The second kappa shape index (κ2) is 5.51. The first-order chi connectivity index (χ1) is 8.36. The van der Waals surface area contributed by atoms with Crippen LogP contribution < -0.4 is 0 Å². The molecule has 1 heteroatoms. The molecule has 0 unspecified atom stereocenters. The van der Waals surface area contributed by atoms with Crippen LogP contribution in [0.25, 0.3) is 6.08 Å². The summed E-state index contributed by atoms with van der Waals surface area (Å²) >= 11 is 0. The van der Waals surface area contributed by atoms with E-state index in [4.69, 9.17) is 0 Å². The molecule has 0 radical (unpaired) electrons. The normalized spacial score (nSPS) is 11.4. The van der Waals surface area contributed by atoms with Crippen molar-refractivity contribution in [1.29, 1.82) is 0 Å². The average molecular weight is 244 g/mol. The van der Waals surface area contributed by atoms with Crippen LogP contribution in [0.1, 0.15) is 61.7 Å². The number of ketones is 1.